The van der Waals surface area contributed by atoms with Crippen LogP contribution in [0.2, 0.25) is 0 Å². The van der Waals surface area contributed by atoms with Crippen LogP contribution >= 0.6 is 23.2 Å². The van der Waals surface area contributed by atoms with E-state index < -0.39 is 0 Å². The van der Waals surface area contributed by atoms with Crippen LogP contribution in [0.3, 0.4) is 0 Å². The van der Waals surface area contributed by atoms with Crippen LogP contribution in [-0.2, 0) is 9.47 Å². The van der Waals surface area contributed by atoms with Gasteiger partial charge in [0.15, 0.2) is 0 Å². The number of alkyl halides is 2. The molecule has 0 aliphatic rings. The van der Waals surface area contributed by atoms with Gasteiger partial charge in [-0.25, -0.2) is 0 Å². The van der Waals surface area contributed by atoms with Crippen molar-refractivity contribution in [3.63, 3.8) is 0 Å². The van der Waals surface area contributed by atoms with Crippen LogP contribution in [0.4, 0.5) is 0 Å². The van der Waals surface area contributed by atoms with Crippen molar-refractivity contribution in [1.29, 1.82) is 0 Å². The number of methoxy groups -OCH3 is 1. The summed E-state index contributed by atoms with van der Waals surface area (Å²) in [6, 6.07) is 0. The summed E-state index contributed by atoms with van der Waals surface area (Å²) in [6.45, 7) is 4.29. The van der Waals surface area contributed by atoms with E-state index in [4.69, 9.17) is 32.7 Å². The van der Waals surface area contributed by atoms with Gasteiger partial charge < -0.3 is 9.47 Å². The first-order valence-corrected chi connectivity index (χ1v) is 5.94. The third kappa shape index (κ3) is 6.88. The van der Waals surface area contributed by atoms with Crippen LogP contribution in [-0.4, -0.2) is 38.7 Å². The summed E-state index contributed by atoms with van der Waals surface area (Å²) in [5, 5.41) is 0. The Labute approximate surface area is 96.9 Å². The van der Waals surface area contributed by atoms with E-state index >= 15 is 0 Å². The van der Waals surface area contributed by atoms with E-state index in [9.17, 15) is 0 Å². The van der Waals surface area contributed by atoms with Gasteiger partial charge in [-0.1, -0.05) is 6.92 Å². The molecular formula is C10H20Cl2O2. The summed E-state index contributed by atoms with van der Waals surface area (Å²) < 4.78 is 10.3. The Bertz CT molecular complexity index is 127. The molecule has 0 radical (unpaired) electrons. The Morgan fingerprint density at radius 1 is 1.07 bits per heavy atom. The van der Waals surface area contributed by atoms with Crippen molar-refractivity contribution in [2.24, 2.45) is 5.41 Å². The number of hydrogen-bond acceptors (Lipinski definition) is 2. The second-order valence-corrected chi connectivity index (χ2v) is 4.32. The molecule has 14 heavy (non-hydrogen) atoms. The molecule has 4 heteroatoms. The van der Waals surface area contributed by atoms with Crippen LogP contribution in [0.25, 0.3) is 0 Å². The van der Waals surface area contributed by atoms with Crippen molar-refractivity contribution in [3.05, 3.63) is 0 Å². The van der Waals surface area contributed by atoms with Crippen molar-refractivity contribution in [2.45, 2.75) is 19.8 Å². The molecule has 0 aromatic carbocycles. The highest BCUT2D eigenvalue weighted by Gasteiger charge is 2.21. The Morgan fingerprint density at radius 3 is 2.21 bits per heavy atom. The summed E-state index contributed by atoms with van der Waals surface area (Å²) in [5.74, 6) is 1.16. The van der Waals surface area contributed by atoms with Gasteiger partial charge in [-0.2, -0.15) is 0 Å². The molecule has 0 aromatic heterocycles. The molecule has 0 atom stereocenters. The first-order chi connectivity index (χ1) is 6.68. The molecule has 0 N–H and O–H groups in total. The summed E-state index contributed by atoms with van der Waals surface area (Å²) in [7, 11) is 1.69. The highest BCUT2D eigenvalue weighted by Crippen LogP contribution is 2.24. The normalized spacial score (nSPS) is 12.0. The summed E-state index contributed by atoms with van der Waals surface area (Å²) >= 11 is 11.6. The van der Waals surface area contributed by atoms with E-state index in [0.29, 0.717) is 11.8 Å². The minimum Gasteiger partial charge on any atom is -0.385 e. The predicted molar refractivity (Wildman–Crippen MR) is 61.5 cm³/mol. The molecule has 0 saturated carbocycles. The minimum atomic E-state index is 0.00433. The second-order valence-electron chi connectivity index (χ2n) is 3.79. The Hall–Kier alpha value is 0.500. The van der Waals surface area contributed by atoms with Crippen molar-refractivity contribution >= 4 is 23.2 Å². The van der Waals surface area contributed by atoms with E-state index in [1.54, 1.807) is 7.11 Å². The smallest absolute Gasteiger partial charge is 0.0487 e. The fourth-order valence-corrected chi connectivity index (χ4v) is 1.45. The summed E-state index contributed by atoms with van der Waals surface area (Å²) in [6.07, 6.45) is 1.85. The number of rotatable bonds is 9. The van der Waals surface area contributed by atoms with Gasteiger partial charge in [0.1, 0.15) is 0 Å². The lowest BCUT2D eigenvalue weighted by Gasteiger charge is -2.23. The van der Waals surface area contributed by atoms with Crippen LogP contribution in [0.5, 0.6) is 0 Å². The van der Waals surface area contributed by atoms with Crippen molar-refractivity contribution in [3.8, 4) is 0 Å². The zero-order chi connectivity index (χ0) is 10.9. The molecule has 0 aliphatic heterocycles. The third-order valence-electron chi connectivity index (χ3n) is 2.13. The van der Waals surface area contributed by atoms with Gasteiger partial charge in [0.25, 0.3) is 0 Å². The number of halogens is 2. The minimum absolute atomic E-state index is 0.00433. The molecule has 0 aliphatic carbocycles. The molecule has 0 aromatic rings. The highest BCUT2D eigenvalue weighted by molar-refractivity contribution is 6.21. The van der Waals surface area contributed by atoms with Crippen molar-refractivity contribution < 1.29 is 9.47 Å². The van der Waals surface area contributed by atoms with E-state index in [-0.39, 0.29) is 5.41 Å². The van der Waals surface area contributed by atoms with Gasteiger partial charge in [0.2, 0.25) is 0 Å². The van der Waals surface area contributed by atoms with E-state index in [1.807, 2.05) is 0 Å². The topological polar surface area (TPSA) is 18.5 Å². The third-order valence-corrected chi connectivity index (χ3v) is 3.42. The average molecular weight is 243 g/mol. The molecule has 0 bridgehead atoms. The first kappa shape index (κ1) is 14.5. The van der Waals surface area contributed by atoms with Crippen molar-refractivity contribution in [1.82, 2.24) is 0 Å². The second kappa shape index (κ2) is 8.78. The van der Waals surface area contributed by atoms with Gasteiger partial charge in [-0.3, -0.25) is 0 Å². The lowest BCUT2D eigenvalue weighted by atomic mass is 9.92. The number of ether oxygens (including phenoxy) is 2. The Morgan fingerprint density at radius 2 is 1.71 bits per heavy atom. The molecular weight excluding hydrogens is 223 g/mol. The molecule has 0 amide bonds. The molecule has 0 heterocycles. The van der Waals surface area contributed by atoms with Crippen LogP contribution < -0.4 is 0 Å². The zero-order valence-electron chi connectivity index (χ0n) is 9.02. The highest BCUT2D eigenvalue weighted by atomic mass is 35.5. The SMILES string of the molecule is COCCCOCCC(C)(CCl)CCl. The van der Waals surface area contributed by atoms with Crippen LogP contribution in [0.1, 0.15) is 19.8 Å². The predicted octanol–water partition coefficient (Wildman–Crippen LogP) is 2.91. The fraction of sp³-hybridized carbons (Fsp3) is 1.00. The maximum Gasteiger partial charge on any atom is 0.0487 e. The van der Waals surface area contributed by atoms with Gasteiger partial charge in [-0.15, -0.1) is 23.2 Å². The molecule has 0 saturated heterocycles. The maximum atomic E-state index is 5.81. The molecule has 0 rings (SSSR count). The van der Waals surface area contributed by atoms with Gasteiger partial charge in [0.05, 0.1) is 0 Å². The standard InChI is InChI=1S/C10H20Cl2O2/c1-10(8-11,9-12)4-7-14-6-3-5-13-2/h3-9H2,1-2H3. The lowest BCUT2D eigenvalue weighted by Crippen LogP contribution is -2.23. The first-order valence-electron chi connectivity index (χ1n) is 4.87. The van der Waals surface area contributed by atoms with Gasteiger partial charge in [0, 0.05) is 38.7 Å². The Kier molecular flexibility index (Phi) is 9.09. The van der Waals surface area contributed by atoms with Gasteiger partial charge in [-0.05, 0) is 18.3 Å². The van der Waals surface area contributed by atoms with Crippen LogP contribution in [0, 0.1) is 5.41 Å². The van der Waals surface area contributed by atoms with E-state index in [2.05, 4.69) is 6.92 Å². The maximum absolute atomic E-state index is 5.81. The van der Waals surface area contributed by atoms with Gasteiger partial charge >= 0.3 is 0 Å². The van der Waals surface area contributed by atoms with E-state index in [0.717, 1.165) is 32.7 Å². The van der Waals surface area contributed by atoms with Crippen molar-refractivity contribution in [2.75, 3.05) is 38.7 Å². The number of hydrogen-bond donors (Lipinski definition) is 0. The molecule has 86 valence electrons. The molecule has 0 fully saturated rings. The zero-order valence-corrected chi connectivity index (χ0v) is 10.5. The lowest BCUT2D eigenvalue weighted by molar-refractivity contribution is 0.0870. The summed E-state index contributed by atoms with van der Waals surface area (Å²) in [5.41, 5.74) is 0.00433. The largest absolute Gasteiger partial charge is 0.385 e. The van der Waals surface area contributed by atoms with Crippen LogP contribution in [0.15, 0.2) is 0 Å². The molecule has 0 spiro atoms. The summed E-state index contributed by atoms with van der Waals surface area (Å²) in [4.78, 5) is 0. The average Bonchev–Trinajstić information content (AvgIpc) is 2.23. The molecule has 0 unspecified atom stereocenters. The quantitative estimate of drug-likeness (QED) is 0.458. The van der Waals surface area contributed by atoms with E-state index in [1.165, 1.54) is 0 Å². The Balaban J connectivity index is 3.34. The fourth-order valence-electron chi connectivity index (χ4n) is 0.895. The monoisotopic (exact) mass is 242 g/mol. The molecule has 2 nitrogen and oxygen atoms in total.